The van der Waals surface area contributed by atoms with Gasteiger partial charge < -0.3 is 9.84 Å². The van der Waals surface area contributed by atoms with E-state index in [1.54, 1.807) is 0 Å². The summed E-state index contributed by atoms with van der Waals surface area (Å²) in [6, 6.07) is 0. The van der Waals surface area contributed by atoms with Gasteiger partial charge in [0.2, 0.25) is 0 Å². The van der Waals surface area contributed by atoms with E-state index in [-0.39, 0.29) is 6.61 Å². The average molecular weight is 210 g/mol. The molecule has 5 nitrogen and oxygen atoms in total. The van der Waals surface area contributed by atoms with Gasteiger partial charge >= 0.3 is 0 Å². The molecule has 78 valence electrons. The van der Waals surface area contributed by atoms with Crippen LogP contribution in [-0.2, 0) is 14.9 Å². The Morgan fingerprint density at radius 1 is 1.69 bits per heavy atom. The van der Waals surface area contributed by atoms with Gasteiger partial charge in [0.25, 0.3) is 10.1 Å². The van der Waals surface area contributed by atoms with E-state index in [0.717, 1.165) is 13.8 Å². The largest absolute Gasteiger partial charge is 0.365 e. The highest BCUT2D eigenvalue weighted by molar-refractivity contribution is 7.86. The maximum absolute atomic E-state index is 10.6. The monoisotopic (exact) mass is 210 g/mol. The van der Waals surface area contributed by atoms with E-state index in [0.29, 0.717) is 0 Å². The molecule has 0 aliphatic rings. The third-order valence-electron chi connectivity index (χ3n) is 1.69. The first-order valence-electron chi connectivity index (χ1n) is 3.65. The van der Waals surface area contributed by atoms with Crippen LogP contribution in [0.5, 0.6) is 0 Å². The highest BCUT2D eigenvalue weighted by Gasteiger charge is 2.37. The summed E-state index contributed by atoms with van der Waals surface area (Å²) in [5.41, 5.74) is 0. The van der Waals surface area contributed by atoms with Gasteiger partial charge in [0.05, 0.1) is 6.61 Å². The van der Waals surface area contributed by atoms with Crippen molar-refractivity contribution in [3.05, 3.63) is 12.7 Å². The zero-order valence-electron chi connectivity index (χ0n) is 7.60. The van der Waals surface area contributed by atoms with E-state index in [1.165, 1.54) is 6.08 Å². The molecule has 2 unspecified atom stereocenters. The zero-order valence-corrected chi connectivity index (χ0v) is 8.41. The fourth-order valence-corrected chi connectivity index (χ4v) is 1.24. The number of hydrogen-bond acceptors (Lipinski definition) is 4. The lowest BCUT2D eigenvalue weighted by Crippen LogP contribution is -2.44. The SMILES string of the molecule is C=CCOC(C)(O)C(C)S(=O)(=O)O. The van der Waals surface area contributed by atoms with Gasteiger partial charge in [-0.1, -0.05) is 6.08 Å². The summed E-state index contributed by atoms with van der Waals surface area (Å²) in [6.45, 7) is 5.66. The molecule has 0 aromatic rings. The molecule has 6 heteroatoms. The smallest absolute Gasteiger partial charge is 0.272 e. The molecule has 0 bridgehead atoms. The fourth-order valence-electron chi connectivity index (χ4n) is 0.621. The molecule has 13 heavy (non-hydrogen) atoms. The molecule has 0 aromatic carbocycles. The molecule has 0 fully saturated rings. The molecule has 0 spiro atoms. The summed E-state index contributed by atoms with van der Waals surface area (Å²) in [5.74, 6) is -1.91. The average Bonchev–Trinajstić information content (AvgIpc) is 1.98. The van der Waals surface area contributed by atoms with Crippen LogP contribution in [0, 0.1) is 0 Å². The van der Waals surface area contributed by atoms with Crippen molar-refractivity contribution in [3.8, 4) is 0 Å². The highest BCUT2D eigenvalue weighted by atomic mass is 32.2. The first-order valence-corrected chi connectivity index (χ1v) is 5.15. The molecule has 2 atom stereocenters. The van der Waals surface area contributed by atoms with Crippen LogP contribution in [0.4, 0.5) is 0 Å². The Hall–Kier alpha value is -0.430. The van der Waals surface area contributed by atoms with Crippen molar-refractivity contribution in [2.75, 3.05) is 6.61 Å². The summed E-state index contributed by atoms with van der Waals surface area (Å²) >= 11 is 0. The van der Waals surface area contributed by atoms with Crippen LogP contribution < -0.4 is 0 Å². The molecule has 0 heterocycles. The molecule has 0 saturated heterocycles. The minimum absolute atomic E-state index is 0.00681. The minimum Gasteiger partial charge on any atom is -0.365 e. The van der Waals surface area contributed by atoms with E-state index in [9.17, 15) is 13.5 Å². The maximum Gasteiger partial charge on any atom is 0.272 e. The molecule has 0 saturated carbocycles. The number of aliphatic hydroxyl groups is 1. The number of hydrogen-bond donors (Lipinski definition) is 2. The lowest BCUT2D eigenvalue weighted by molar-refractivity contribution is -0.181. The van der Waals surface area contributed by atoms with E-state index < -0.39 is 21.2 Å². The van der Waals surface area contributed by atoms with Gasteiger partial charge in [-0.2, -0.15) is 8.42 Å². The Bertz CT molecular complexity index is 267. The van der Waals surface area contributed by atoms with Gasteiger partial charge in [-0.3, -0.25) is 4.55 Å². The molecule has 0 radical (unpaired) electrons. The normalized spacial score (nSPS) is 19.1. The standard InChI is InChI=1S/C7H14O5S/c1-4-5-12-7(3,8)6(2)13(9,10)11/h4,6,8H,1,5H2,2-3H3,(H,9,10,11). The quantitative estimate of drug-likeness (QED) is 0.384. The third kappa shape index (κ3) is 3.86. The van der Waals surface area contributed by atoms with Crippen molar-refractivity contribution in [1.82, 2.24) is 0 Å². The minimum atomic E-state index is -4.30. The summed E-state index contributed by atoms with van der Waals surface area (Å²) in [4.78, 5) is 0. The van der Waals surface area contributed by atoms with Crippen LogP contribution in [0.3, 0.4) is 0 Å². The molecule has 0 rings (SSSR count). The summed E-state index contributed by atoms with van der Waals surface area (Å²) < 4.78 is 34.7. The Morgan fingerprint density at radius 2 is 2.15 bits per heavy atom. The second-order valence-electron chi connectivity index (χ2n) is 2.81. The maximum atomic E-state index is 10.6. The second-order valence-corrected chi connectivity index (χ2v) is 4.55. The van der Waals surface area contributed by atoms with Gasteiger partial charge in [-0.25, -0.2) is 0 Å². The predicted octanol–water partition coefficient (Wildman–Crippen LogP) is 0.174. The number of rotatable bonds is 5. The van der Waals surface area contributed by atoms with Crippen molar-refractivity contribution in [3.63, 3.8) is 0 Å². The fraction of sp³-hybridized carbons (Fsp3) is 0.714. The molecular formula is C7H14O5S. The van der Waals surface area contributed by atoms with Crippen LogP contribution in [0.25, 0.3) is 0 Å². The Balaban J connectivity index is 4.53. The van der Waals surface area contributed by atoms with E-state index >= 15 is 0 Å². The third-order valence-corrected chi connectivity index (χ3v) is 3.03. The molecule has 0 aliphatic carbocycles. The molecule has 2 N–H and O–H groups in total. The summed E-state index contributed by atoms with van der Waals surface area (Å²) in [7, 11) is -4.30. The predicted molar refractivity (Wildman–Crippen MR) is 47.8 cm³/mol. The summed E-state index contributed by atoms with van der Waals surface area (Å²) in [5, 5.41) is 8.04. The molecular weight excluding hydrogens is 196 g/mol. The molecule has 0 aliphatic heterocycles. The molecule has 0 aromatic heterocycles. The van der Waals surface area contributed by atoms with Gasteiger partial charge in [-0.15, -0.1) is 6.58 Å². The van der Waals surface area contributed by atoms with Crippen LogP contribution in [-0.4, -0.2) is 35.7 Å². The van der Waals surface area contributed by atoms with E-state index in [4.69, 9.17) is 9.29 Å². The topological polar surface area (TPSA) is 83.8 Å². The van der Waals surface area contributed by atoms with Crippen molar-refractivity contribution in [1.29, 1.82) is 0 Å². The Labute approximate surface area is 77.8 Å². The summed E-state index contributed by atoms with van der Waals surface area (Å²) in [6.07, 6.45) is 1.37. The lowest BCUT2D eigenvalue weighted by atomic mass is 10.2. The van der Waals surface area contributed by atoms with E-state index in [2.05, 4.69) is 6.58 Å². The van der Waals surface area contributed by atoms with E-state index in [1.807, 2.05) is 0 Å². The van der Waals surface area contributed by atoms with Crippen LogP contribution in [0.15, 0.2) is 12.7 Å². The van der Waals surface area contributed by atoms with Gasteiger partial charge in [0, 0.05) is 0 Å². The first kappa shape index (κ1) is 12.6. The lowest BCUT2D eigenvalue weighted by Gasteiger charge is -2.27. The van der Waals surface area contributed by atoms with Crippen LogP contribution in [0.1, 0.15) is 13.8 Å². The van der Waals surface area contributed by atoms with Gasteiger partial charge in [0.15, 0.2) is 5.79 Å². The van der Waals surface area contributed by atoms with Crippen molar-refractivity contribution < 1.29 is 22.8 Å². The van der Waals surface area contributed by atoms with Crippen LogP contribution in [0.2, 0.25) is 0 Å². The first-order chi connectivity index (χ1) is 5.72. The molecule has 0 amide bonds. The van der Waals surface area contributed by atoms with Crippen molar-refractivity contribution in [2.24, 2.45) is 0 Å². The van der Waals surface area contributed by atoms with Gasteiger partial charge in [0.1, 0.15) is 5.25 Å². The van der Waals surface area contributed by atoms with Gasteiger partial charge in [-0.05, 0) is 13.8 Å². The Morgan fingerprint density at radius 3 is 2.46 bits per heavy atom. The van der Waals surface area contributed by atoms with Crippen molar-refractivity contribution in [2.45, 2.75) is 24.9 Å². The zero-order chi connectivity index (χ0) is 10.7. The van der Waals surface area contributed by atoms with Crippen LogP contribution >= 0.6 is 0 Å². The van der Waals surface area contributed by atoms with Crippen molar-refractivity contribution >= 4 is 10.1 Å². The Kier molecular flexibility index (Phi) is 4.05. The second kappa shape index (κ2) is 4.19. The number of ether oxygens (including phenoxy) is 1. The highest BCUT2D eigenvalue weighted by Crippen LogP contribution is 2.17.